The first-order valence-corrected chi connectivity index (χ1v) is 7.62. The van der Waals surface area contributed by atoms with E-state index >= 15 is 0 Å². The molecule has 0 unspecified atom stereocenters. The Kier molecular flexibility index (Phi) is 3.60. The molecule has 0 bridgehead atoms. The van der Waals surface area contributed by atoms with Crippen LogP contribution in [-0.2, 0) is 6.54 Å². The first kappa shape index (κ1) is 13.7. The van der Waals surface area contributed by atoms with E-state index < -0.39 is 0 Å². The smallest absolute Gasteiger partial charge is 0.166 e. The fourth-order valence-electron chi connectivity index (χ4n) is 2.71. The molecule has 0 fully saturated rings. The van der Waals surface area contributed by atoms with Gasteiger partial charge in [0.2, 0.25) is 0 Å². The van der Waals surface area contributed by atoms with Crippen LogP contribution in [0.1, 0.15) is 5.56 Å². The highest BCUT2D eigenvalue weighted by atomic mass is 16.6. The quantitative estimate of drug-likeness (QED) is 0.775. The lowest BCUT2D eigenvalue weighted by atomic mass is 10.1. The molecule has 1 aromatic heterocycles. The van der Waals surface area contributed by atoms with Crippen LogP contribution in [-0.4, -0.2) is 23.4 Å². The summed E-state index contributed by atoms with van der Waals surface area (Å²) in [5.41, 5.74) is 4.11. The topological polar surface area (TPSA) is 59.2 Å². The van der Waals surface area contributed by atoms with Crippen LogP contribution in [0.25, 0.3) is 11.3 Å². The van der Waals surface area contributed by atoms with Gasteiger partial charge in [-0.15, -0.1) is 0 Å². The minimum Gasteiger partial charge on any atom is -0.486 e. The third kappa shape index (κ3) is 2.73. The Labute approximate surface area is 134 Å². The molecule has 23 heavy (non-hydrogen) atoms. The minimum absolute atomic E-state index is 0.588. The van der Waals surface area contributed by atoms with Crippen LogP contribution in [0.15, 0.2) is 54.7 Å². The predicted molar refractivity (Wildman–Crippen MR) is 88.8 cm³/mol. The van der Waals surface area contributed by atoms with Gasteiger partial charge in [0, 0.05) is 17.7 Å². The number of para-hydroxylation sites is 1. The van der Waals surface area contributed by atoms with Crippen molar-refractivity contribution in [2.75, 3.05) is 18.5 Å². The molecule has 5 nitrogen and oxygen atoms in total. The molecule has 3 aromatic rings. The van der Waals surface area contributed by atoms with Crippen molar-refractivity contribution in [2.24, 2.45) is 0 Å². The van der Waals surface area contributed by atoms with E-state index in [0.717, 1.165) is 34.0 Å². The number of fused-ring (bicyclic) bond motifs is 1. The Morgan fingerprint density at radius 3 is 2.78 bits per heavy atom. The van der Waals surface area contributed by atoms with E-state index in [1.807, 2.05) is 36.4 Å². The van der Waals surface area contributed by atoms with E-state index in [2.05, 4.69) is 27.6 Å². The summed E-state index contributed by atoms with van der Waals surface area (Å²) >= 11 is 0. The number of benzene rings is 2. The van der Waals surface area contributed by atoms with Gasteiger partial charge >= 0.3 is 0 Å². The van der Waals surface area contributed by atoms with Crippen molar-refractivity contribution in [3.63, 3.8) is 0 Å². The van der Waals surface area contributed by atoms with Crippen LogP contribution in [0.5, 0.6) is 11.5 Å². The lowest BCUT2D eigenvalue weighted by Gasteiger charge is -2.21. The Bertz CT molecular complexity index is 799. The number of aromatic amines is 1. The van der Waals surface area contributed by atoms with Gasteiger partial charge in [0.15, 0.2) is 11.5 Å². The van der Waals surface area contributed by atoms with E-state index in [0.29, 0.717) is 19.8 Å². The molecule has 116 valence electrons. The minimum atomic E-state index is 0.588. The van der Waals surface area contributed by atoms with E-state index in [-0.39, 0.29) is 0 Å². The average Bonchev–Trinajstić information content (AvgIpc) is 3.09. The van der Waals surface area contributed by atoms with Gasteiger partial charge in [-0.25, -0.2) is 0 Å². The Morgan fingerprint density at radius 2 is 1.87 bits per heavy atom. The first-order valence-electron chi connectivity index (χ1n) is 7.62. The molecule has 2 N–H and O–H groups in total. The zero-order valence-electron chi connectivity index (χ0n) is 12.6. The summed E-state index contributed by atoms with van der Waals surface area (Å²) in [5, 5.41) is 10.6. The summed E-state index contributed by atoms with van der Waals surface area (Å²) in [4.78, 5) is 0. The largest absolute Gasteiger partial charge is 0.486 e. The number of nitrogens with one attached hydrogen (secondary N) is 2. The number of hydrogen-bond acceptors (Lipinski definition) is 4. The van der Waals surface area contributed by atoms with E-state index in [1.165, 1.54) is 0 Å². The number of rotatable bonds is 4. The van der Waals surface area contributed by atoms with Crippen LogP contribution in [0.2, 0.25) is 0 Å². The molecule has 2 heterocycles. The molecule has 5 heteroatoms. The molecule has 0 atom stereocenters. The van der Waals surface area contributed by atoms with Crippen molar-refractivity contribution >= 4 is 5.69 Å². The zero-order valence-corrected chi connectivity index (χ0v) is 12.6. The zero-order chi connectivity index (χ0) is 15.5. The van der Waals surface area contributed by atoms with Crippen LogP contribution < -0.4 is 14.8 Å². The Balaban J connectivity index is 1.56. The number of H-pyrrole nitrogens is 1. The van der Waals surface area contributed by atoms with Gasteiger partial charge in [-0.2, -0.15) is 5.10 Å². The maximum atomic E-state index is 5.75. The normalized spacial score (nSPS) is 12.9. The van der Waals surface area contributed by atoms with Gasteiger partial charge < -0.3 is 14.8 Å². The van der Waals surface area contributed by atoms with Crippen molar-refractivity contribution in [1.29, 1.82) is 0 Å². The maximum absolute atomic E-state index is 5.75. The molecule has 0 aliphatic carbocycles. The van der Waals surface area contributed by atoms with Gasteiger partial charge in [0.25, 0.3) is 0 Å². The standard InChI is InChI=1S/C18H17N3O2/c1-2-5-13(6-3-1)17-15(12-20-21-17)19-11-14-7-4-8-16-18(14)23-10-9-22-16/h1-8,12,19H,9-11H2,(H,20,21). The molecule has 0 radical (unpaired) electrons. The number of anilines is 1. The van der Waals surface area contributed by atoms with E-state index in [4.69, 9.17) is 9.47 Å². The van der Waals surface area contributed by atoms with Crippen LogP contribution >= 0.6 is 0 Å². The van der Waals surface area contributed by atoms with Gasteiger partial charge in [0.05, 0.1) is 17.6 Å². The lowest BCUT2D eigenvalue weighted by molar-refractivity contribution is 0.170. The number of hydrogen-bond donors (Lipinski definition) is 2. The van der Waals surface area contributed by atoms with Crippen molar-refractivity contribution in [2.45, 2.75) is 6.54 Å². The van der Waals surface area contributed by atoms with Gasteiger partial charge in [-0.3, -0.25) is 5.10 Å². The average molecular weight is 307 g/mol. The van der Waals surface area contributed by atoms with E-state index in [1.54, 1.807) is 6.20 Å². The second kappa shape index (κ2) is 6.04. The highest BCUT2D eigenvalue weighted by Gasteiger charge is 2.16. The SMILES string of the molecule is c1ccc(-c2[nH]ncc2NCc2cccc3c2OCCO3)cc1. The Hall–Kier alpha value is -2.95. The molecule has 0 spiro atoms. The molecular formula is C18H17N3O2. The van der Waals surface area contributed by atoms with Gasteiger partial charge in [0.1, 0.15) is 13.2 Å². The van der Waals surface area contributed by atoms with Crippen molar-refractivity contribution in [3.8, 4) is 22.8 Å². The van der Waals surface area contributed by atoms with Crippen molar-refractivity contribution < 1.29 is 9.47 Å². The summed E-state index contributed by atoms with van der Waals surface area (Å²) in [6.45, 7) is 1.83. The molecular weight excluding hydrogens is 290 g/mol. The van der Waals surface area contributed by atoms with Crippen molar-refractivity contribution in [1.82, 2.24) is 10.2 Å². The number of ether oxygens (including phenoxy) is 2. The lowest BCUT2D eigenvalue weighted by Crippen LogP contribution is -2.17. The highest BCUT2D eigenvalue weighted by molar-refractivity contribution is 5.73. The fraction of sp³-hybridized carbons (Fsp3) is 0.167. The highest BCUT2D eigenvalue weighted by Crippen LogP contribution is 2.34. The van der Waals surface area contributed by atoms with Crippen LogP contribution in [0, 0.1) is 0 Å². The number of aromatic nitrogens is 2. The molecule has 0 saturated heterocycles. The monoisotopic (exact) mass is 307 g/mol. The Morgan fingerprint density at radius 1 is 1.00 bits per heavy atom. The molecule has 0 amide bonds. The summed E-state index contributed by atoms with van der Waals surface area (Å²) < 4.78 is 11.4. The van der Waals surface area contributed by atoms with Gasteiger partial charge in [-0.05, 0) is 6.07 Å². The van der Waals surface area contributed by atoms with Crippen molar-refractivity contribution in [3.05, 3.63) is 60.3 Å². The third-order valence-electron chi connectivity index (χ3n) is 3.82. The van der Waals surface area contributed by atoms with Gasteiger partial charge in [-0.1, -0.05) is 42.5 Å². The molecule has 0 saturated carbocycles. The molecule has 4 rings (SSSR count). The molecule has 1 aliphatic heterocycles. The molecule has 2 aromatic carbocycles. The second-order valence-corrected chi connectivity index (χ2v) is 5.32. The van der Waals surface area contributed by atoms with Crippen LogP contribution in [0.3, 0.4) is 0 Å². The van der Waals surface area contributed by atoms with Crippen LogP contribution in [0.4, 0.5) is 5.69 Å². The maximum Gasteiger partial charge on any atom is 0.166 e. The summed E-state index contributed by atoms with van der Waals surface area (Å²) in [6.07, 6.45) is 1.80. The summed E-state index contributed by atoms with van der Waals surface area (Å²) in [5.74, 6) is 1.64. The summed E-state index contributed by atoms with van der Waals surface area (Å²) in [6, 6.07) is 16.1. The predicted octanol–water partition coefficient (Wildman–Crippen LogP) is 3.46. The summed E-state index contributed by atoms with van der Waals surface area (Å²) in [7, 11) is 0. The van der Waals surface area contributed by atoms with E-state index in [9.17, 15) is 0 Å². The second-order valence-electron chi connectivity index (χ2n) is 5.32. The fourth-order valence-corrected chi connectivity index (χ4v) is 2.71. The molecule has 1 aliphatic rings. The first-order chi connectivity index (χ1) is 11.4. The third-order valence-corrected chi connectivity index (χ3v) is 3.82. The number of nitrogens with zero attached hydrogens (tertiary/aromatic N) is 1.